The summed E-state index contributed by atoms with van der Waals surface area (Å²) in [6, 6.07) is -0.468. The van der Waals surface area contributed by atoms with Gasteiger partial charge in [-0.05, 0) is 32.8 Å². The molecule has 6 nitrogen and oxygen atoms in total. The first-order valence-electron chi connectivity index (χ1n) is 5.89. The van der Waals surface area contributed by atoms with Crippen LogP contribution >= 0.6 is 11.3 Å². The van der Waals surface area contributed by atoms with Crippen molar-refractivity contribution in [2.45, 2.75) is 33.3 Å². The van der Waals surface area contributed by atoms with E-state index in [0.29, 0.717) is 23.5 Å². The molecule has 4 N–H and O–H groups in total. The normalized spacial score (nSPS) is 12.0. The van der Waals surface area contributed by atoms with Crippen LogP contribution in [-0.2, 0) is 0 Å². The Labute approximate surface area is 115 Å². The Morgan fingerprint density at radius 2 is 2.00 bits per heavy atom. The number of aromatic carboxylic acids is 1. The van der Waals surface area contributed by atoms with Gasteiger partial charge in [0, 0.05) is 11.4 Å². The number of aryl methyl sites for hydroxylation is 1. The van der Waals surface area contributed by atoms with Gasteiger partial charge in [0.1, 0.15) is 5.00 Å². The second-order valence-corrected chi connectivity index (χ2v) is 5.54. The highest BCUT2D eigenvalue weighted by molar-refractivity contribution is 7.16. The van der Waals surface area contributed by atoms with Gasteiger partial charge in [-0.15, -0.1) is 11.3 Å². The molecule has 1 aromatic rings. The number of amides is 2. The molecule has 2 amide bonds. The second kappa shape index (κ2) is 6.53. The quantitative estimate of drug-likeness (QED) is 0.665. The number of hydrogen-bond donors (Lipinski definition) is 4. The molecule has 19 heavy (non-hydrogen) atoms. The van der Waals surface area contributed by atoms with E-state index in [4.69, 9.17) is 10.2 Å². The van der Waals surface area contributed by atoms with Crippen molar-refractivity contribution in [2.75, 3.05) is 11.9 Å². The van der Waals surface area contributed by atoms with Crippen LogP contribution < -0.4 is 10.6 Å². The molecular formula is C12H18N2O4S. The molecular weight excluding hydrogens is 268 g/mol. The summed E-state index contributed by atoms with van der Waals surface area (Å²) < 4.78 is 0. The molecule has 1 atom stereocenters. The molecule has 0 spiro atoms. The summed E-state index contributed by atoms with van der Waals surface area (Å²) in [6.07, 6.45) is -0.0390. The van der Waals surface area contributed by atoms with Crippen molar-refractivity contribution in [1.82, 2.24) is 5.32 Å². The zero-order valence-corrected chi connectivity index (χ0v) is 11.9. The van der Waals surface area contributed by atoms with Crippen molar-refractivity contribution >= 4 is 28.3 Å². The van der Waals surface area contributed by atoms with Crippen LogP contribution in [0.3, 0.4) is 0 Å². The highest BCUT2D eigenvalue weighted by atomic mass is 32.1. The highest BCUT2D eigenvalue weighted by Crippen LogP contribution is 2.32. The Balaban J connectivity index is 2.69. The molecule has 0 fully saturated rings. The summed E-state index contributed by atoms with van der Waals surface area (Å²) in [7, 11) is 0. The lowest BCUT2D eigenvalue weighted by molar-refractivity contribution is 0.0697. The smallest absolute Gasteiger partial charge is 0.338 e. The number of rotatable bonds is 5. The monoisotopic (exact) mass is 286 g/mol. The van der Waals surface area contributed by atoms with Gasteiger partial charge < -0.3 is 15.5 Å². The number of hydrogen-bond acceptors (Lipinski definition) is 4. The van der Waals surface area contributed by atoms with Crippen LogP contribution in [-0.4, -0.2) is 34.9 Å². The average molecular weight is 286 g/mol. The summed E-state index contributed by atoms with van der Waals surface area (Å²) in [5.41, 5.74) is 0.796. The maximum absolute atomic E-state index is 11.6. The Bertz CT molecular complexity index is 482. The van der Waals surface area contributed by atoms with E-state index < -0.39 is 18.1 Å². The minimum absolute atomic E-state index is 0.133. The number of carboxylic acid groups (broad SMARTS) is 1. The molecule has 1 unspecified atom stereocenters. The number of aliphatic hydroxyl groups is 1. The molecule has 1 rings (SSSR count). The first-order chi connectivity index (χ1) is 8.82. The number of carboxylic acids is 1. The maximum Gasteiger partial charge on any atom is 0.338 e. The molecule has 0 aliphatic rings. The standard InChI is InChI=1S/C12H18N2O4S/c1-6(15)4-5-13-12(18)14-10-9(11(16)17)7(2)8(3)19-10/h6,15H,4-5H2,1-3H3,(H,16,17)(H2,13,14,18). The molecule has 7 heteroatoms. The Morgan fingerprint density at radius 1 is 1.37 bits per heavy atom. The van der Waals surface area contributed by atoms with Gasteiger partial charge in [-0.2, -0.15) is 0 Å². The van der Waals surface area contributed by atoms with Gasteiger partial charge >= 0.3 is 12.0 Å². The van der Waals surface area contributed by atoms with E-state index in [0.717, 1.165) is 4.88 Å². The fraction of sp³-hybridized carbons (Fsp3) is 0.500. The Kier molecular flexibility index (Phi) is 5.31. The predicted octanol–water partition coefficient (Wildman–Crippen LogP) is 1.96. The van der Waals surface area contributed by atoms with Crippen LogP contribution in [0.4, 0.5) is 9.80 Å². The number of thiophene rings is 1. The fourth-order valence-electron chi connectivity index (χ4n) is 1.51. The molecule has 0 aromatic carbocycles. The van der Waals surface area contributed by atoms with Crippen LogP contribution in [0.2, 0.25) is 0 Å². The Morgan fingerprint density at radius 3 is 2.53 bits per heavy atom. The SMILES string of the molecule is Cc1sc(NC(=O)NCCC(C)O)c(C(=O)O)c1C. The van der Waals surface area contributed by atoms with Crippen molar-refractivity contribution in [1.29, 1.82) is 0 Å². The fourth-order valence-corrected chi connectivity index (χ4v) is 2.56. The first-order valence-corrected chi connectivity index (χ1v) is 6.70. The van der Waals surface area contributed by atoms with E-state index in [-0.39, 0.29) is 5.56 Å². The minimum atomic E-state index is -1.05. The lowest BCUT2D eigenvalue weighted by atomic mass is 10.1. The molecule has 0 aliphatic carbocycles. The van der Waals surface area contributed by atoms with Crippen molar-refractivity contribution in [3.63, 3.8) is 0 Å². The summed E-state index contributed by atoms with van der Waals surface area (Å²) in [5, 5.41) is 23.6. The molecule has 106 valence electrons. The first kappa shape index (κ1) is 15.5. The van der Waals surface area contributed by atoms with Gasteiger partial charge in [-0.25, -0.2) is 9.59 Å². The topological polar surface area (TPSA) is 98.7 Å². The third-order valence-electron chi connectivity index (χ3n) is 2.67. The third kappa shape index (κ3) is 4.22. The summed E-state index contributed by atoms with van der Waals surface area (Å²) in [5.74, 6) is -1.05. The third-order valence-corrected chi connectivity index (χ3v) is 3.80. The van der Waals surface area contributed by atoms with Crippen molar-refractivity contribution in [2.24, 2.45) is 0 Å². The lowest BCUT2D eigenvalue weighted by Gasteiger charge is -2.08. The van der Waals surface area contributed by atoms with E-state index in [1.54, 1.807) is 13.8 Å². The zero-order valence-electron chi connectivity index (χ0n) is 11.1. The number of anilines is 1. The van der Waals surface area contributed by atoms with Crippen LogP contribution in [0.25, 0.3) is 0 Å². The largest absolute Gasteiger partial charge is 0.478 e. The molecule has 0 saturated carbocycles. The summed E-state index contributed by atoms with van der Waals surface area (Å²) >= 11 is 1.24. The number of carbonyl (C=O) groups excluding carboxylic acids is 1. The maximum atomic E-state index is 11.6. The van der Waals surface area contributed by atoms with Gasteiger partial charge in [0.05, 0.1) is 11.7 Å². The van der Waals surface area contributed by atoms with E-state index in [2.05, 4.69) is 10.6 Å². The summed E-state index contributed by atoms with van der Waals surface area (Å²) in [6.45, 7) is 5.48. The number of aliphatic hydroxyl groups excluding tert-OH is 1. The van der Waals surface area contributed by atoms with Crippen molar-refractivity contribution < 1.29 is 19.8 Å². The van der Waals surface area contributed by atoms with Crippen LogP contribution in [0, 0.1) is 13.8 Å². The molecule has 0 aliphatic heterocycles. The zero-order chi connectivity index (χ0) is 14.6. The van der Waals surface area contributed by atoms with Crippen LogP contribution in [0.15, 0.2) is 0 Å². The Hall–Kier alpha value is -1.60. The molecule has 1 aromatic heterocycles. The number of carbonyl (C=O) groups is 2. The van der Waals surface area contributed by atoms with Gasteiger partial charge in [0.2, 0.25) is 0 Å². The van der Waals surface area contributed by atoms with Gasteiger partial charge in [-0.1, -0.05) is 0 Å². The van der Waals surface area contributed by atoms with Gasteiger partial charge in [0.25, 0.3) is 0 Å². The lowest BCUT2D eigenvalue weighted by Crippen LogP contribution is -2.31. The minimum Gasteiger partial charge on any atom is -0.478 e. The van der Waals surface area contributed by atoms with Crippen LogP contribution in [0.5, 0.6) is 0 Å². The highest BCUT2D eigenvalue weighted by Gasteiger charge is 2.20. The van der Waals surface area contributed by atoms with Gasteiger partial charge in [-0.3, -0.25) is 5.32 Å². The molecule has 0 saturated heterocycles. The van der Waals surface area contributed by atoms with Crippen molar-refractivity contribution in [3.8, 4) is 0 Å². The van der Waals surface area contributed by atoms with Crippen LogP contribution in [0.1, 0.15) is 34.1 Å². The van der Waals surface area contributed by atoms with Crippen molar-refractivity contribution in [3.05, 3.63) is 16.0 Å². The second-order valence-electron chi connectivity index (χ2n) is 4.31. The number of urea groups is 1. The van der Waals surface area contributed by atoms with E-state index >= 15 is 0 Å². The average Bonchev–Trinajstić information content (AvgIpc) is 2.53. The summed E-state index contributed by atoms with van der Waals surface area (Å²) in [4.78, 5) is 23.6. The van der Waals surface area contributed by atoms with E-state index in [9.17, 15) is 9.59 Å². The van der Waals surface area contributed by atoms with Gasteiger partial charge in [0.15, 0.2) is 0 Å². The molecule has 0 radical (unpaired) electrons. The van der Waals surface area contributed by atoms with E-state index in [1.807, 2.05) is 6.92 Å². The predicted molar refractivity (Wildman–Crippen MR) is 74.1 cm³/mol. The van der Waals surface area contributed by atoms with E-state index in [1.165, 1.54) is 11.3 Å². The molecule has 1 heterocycles. The molecule has 0 bridgehead atoms. The number of nitrogens with one attached hydrogen (secondary N) is 2.